The van der Waals surface area contributed by atoms with Crippen LogP contribution in [0.3, 0.4) is 0 Å². The molecule has 94 valence electrons. The summed E-state index contributed by atoms with van der Waals surface area (Å²) in [6, 6.07) is 16.9. The van der Waals surface area contributed by atoms with E-state index in [0.717, 1.165) is 17.5 Å². The first-order chi connectivity index (χ1) is 8.72. The molecule has 0 saturated carbocycles. The summed E-state index contributed by atoms with van der Waals surface area (Å²) in [6.07, 6.45) is -0.811. The Morgan fingerprint density at radius 1 is 0.778 bits per heavy atom. The van der Waals surface area contributed by atoms with Crippen LogP contribution in [0.2, 0.25) is 0 Å². The van der Waals surface area contributed by atoms with E-state index in [-0.39, 0.29) is 0 Å². The minimum absolute atomic E-state index is 0.726. The molecule has 0 bridgehead atoms. The van der Waals surface area contributed by atoms with E-state index in [1.54, 1.807) is 0 Å². The van der Waals surface area contributed by atoms with Gasteiger partial charge in [-0.15, -0.1) is 0 Å². The molecule has 0 aliphatic carbocycles. The highest BCUT2D eigenvalue weighted by atomic mass is 16.3. The maximum Gasteiger partial charge on any atom is 0.109 e. The SMILES string of the molecule is CCc1ccc(C(O)C(O)c2ccccc2)cc1. The monoisotopic (exact) mass is 242 g/mol. The molecule has 2 unspecified atom stereocenters. The van der Waals surface area contributed by atoms with E-state index < -0.39 is 12.2 Å². The second kappa shape index (κ2) is 5.80. The molecule has 0 amide bonds. The van der Waals surface area contributed by atoms with Crippen LogP contribution in [0.15, 0.2) is 54.6 Å². The van der Waals surface area contributed by atoms with Crippen molar-refractivity contribution in [2.45, 2.75) is 25.6 Å². The fourth-order valence-electron chi connectivity index (χ4n) is 1.97. The number of benzene rings is 2. The average Bonchev–Trinajstić information content (AvgIpc) is 2.47. The van der Waals surface area contributed by atoms with Crippen LogP contribution in [-0.2, 0) is 6.42 Å². The lowest BCUT2D eigenvalue weighted by Gasteiger charge is -2.18. The van der Waals surface area contributed by atoms with Crippen molar-refractivity contribution in [2.24, 2.45) is 0 Å². The first-order valence-electron chi connectivity index (χ1n) is 6.22. The fourth-order valence-corrected chi connectivity index (χ4v) is 1.97. The summed E-state index contributed by atoms with van der Waals surface area (Å²) in [5, 5.41) is 20.3. The number of hydrogen-bond acceptors (Lipinski definition) is 2. The van der Waals surface area contributed by atoms with E-state index >= 15 is 0 Å². The predicted octanol–water partition coefficient (Wildman–Crippen LogP) is 3.02. The number of aryl methyl sites for hydroxylation is 1. The van der Waals surface area contributed by atoms with Crippen LogP contribution in [0, 0.1) is 0 Å². The molecule has 2 aromatic rings. The molecule has 0 aromatic heterocycles. The molecule has 2 rings (SSSR count). The minimum atomic E-state index is -0.890. The molecule has 0 spiro atoms. The molecule has 0 aliphatic rings. The van der Waals surface area contributed by atoms with E-state index in [0.29, 0.717) is 0 Å². The van der Waals surface area contributed by atoms with Gasteiger partial charge in [-0.1, -0.05) is 61.5 Å². The highest BCUT2D eigenvalue weighted by Gasteiger charge is 2.19. The van der Waals surface area contributed by atoms with Gasteiger partial charge in [0.25, 0.3) is 0 Å². The highest BCUT2D eigenvalue weighted by Crippen LogP contribution is 2.28. The smallest absolute Gasteiger partial charge is 0.109 e. The quantitative estimate of drug-likeness (QED) is 0.865. The van der Waals surface area contributed by atoms with Crippen molar-refractivity contribution in [3.05, 3.63) is 71.3 Å². The second-order valence-corrected chi connectivity index (χ2v) is 4.40. The summed E-state index contributed by atoms with van der Waals surface area (Å²) in [7, 11) is 0. The van der Waals surface area contributed by atoms with Gasteiger partial charge in [0.15, 0.2) is 0 Å². The molecule has 2 aromatic carbocycles. The Kier molecular flexibility index (Phi) is 4.13. The van der Waals surface area contributed by atoms with Gasteiger partial charge in [0.1, 0.15) is 12.2 Å². The van der Waals surface area contributed by atoms with Crippen molar-refractivity contribution < 1.29 is 10.2 Å². The Bertz CT molecular complexity index is 476. The van der Waals surface area contributed by atoms with Crippen LogP contribution in [0.25, 0.3) is 0 Å². The summed E-state index contributed by atoms with van der Waals surface area (Å²) in [5.41, 5.74) is 2.69. The molecule has 0 fully saturated rings. The highest BCUT2D eigenvalue weighted by molar-refractivity contribution is 5.27. The van der Waals surface area contributed by atoms with E-state index in [9.17, 15) is 10.2 Å². The van der Waals surface area contributed by atoms with Gasteiger partial charge in [0.05, 0.1) is 0 Å². The van der Waals surface area contributed by atoms with Gasteiger partial charge in [0.2, 0.25) is 0 Å². The summed E-state index contributed by atoms with van der Waals surface area (Å²) in [6.45, 7) is 2.09. The molecular formula is C16H18O2. The van der Waals surface area contributed by atoms with Gasteiger partial charge in [-0.25, -0.2) is 0 Å². The van der Waals surface area contributed by atoms with Crippen molar-refractivity contribution in [1.82, 2.24) is 0 Å². The fraction of sp³-hybridized carbons (Fsp3) is 0.250. The lowest BCUT2D eigenvalue weighted by atomic mass is 9.97. The van der Waals surface area contributed by atoms with Crippen LogP contribution in [0.5, 0.6) is 0 Å². The average molecular weight is 242 g/mol. The number of aliphatic hydroxyl groups excluding tert-OH is 2. The molecule has 0 saturated heterocycles. The summed E-state index contributed by atoms with van der Waals surface area (Å²) < 4.78 is 0. The van der Waals surface area contributed by atoms with Crippen LogP contribution >= 0.6 is 0 Å². The number of rotatable bonds is 4. The molecule has 2 nitrogen and oxygen atoms in total. The van der Waals surface area contributed by atoms with E-state index in [1.165, 1.54) is 5.56 Å². The largest absolute Gasteiger partial charge is 0.385 e. The Balaban J connectivity index is 2.17. The van der Waals surface area contributed by atoms with Crippen LogP contribution < -0.4 is 0 Å². The molecule has 2 N–H and O–H groups in total. The Morgan fingerprint density at radius 3 is 1.78 bits per heavy atom. The van der Waals surface area contributed by atoms with E-state index in [2.05, 4.69) is 6.92 Å². The third-order valence-electron chi connectivity index (χ3n) is 3.17. The number of hydrogen-bond donors (Lipinski definition) is 2. The molecule has 18 heavy (non-hydrogen) atoms. The summed E-state index contributed by atoms with van der Waals surface area (Å²) >= 11 is 0. The van der Waals surface area contributed by atoms with Gasteiger partial charge in [-0.3, -0.25) is 0 Å². The first kappa shape index (κ1) is 12.8. The van der Waals surface area contributed by atoms with Gasteiger partial charge < -0.3 is 10.2 Å². The zero-order chi connectivity index (χ0) is 13.0. The van der Waals surface area contributed by atoms with Crippen molar-refractivity contribution in [3.63, 3.8) is 0 Å². The standard InChI is InChI=1S/C16H18O2/c1-2-12-8-10-14(11-9-12)16(18)15(17)13-6-4-3-5-7-13/h3-11,15-18H,2H2,1H3. The second-order valence-electron chi connectivity index (χ2n) is 4.40. The third-order valence-corrected chi connectivity index (χ3v) is 3.17. The van der Waals surface area contributed by atoms with Crippen molar-refractivity contribution in [2.75, 3.05) is 0 Å². The van der Waals surface area contributed by atoms with Crippen LogP contribution in [-0.4, -0.2) is 10.2 Å². The van der Waals surface area contributed by atoms with Gasteiger partial charge >= 0.3 is 0 Å². The lowest BCUT2D eigenvalue weighted by Crippen LogP contribution is -2.10. The lowest BCUT2D eigenvalue weighted by molar-refractivity contribution is 0.0172. The zero-order valence-electron chi connectivity index (χ0n) is 10.5. The van der Waals surface area contributed by atoms with Crippen molar-refractivity contribution in [3.8, 4) is 0 Å². The van der Waals surface area contributed by atoms with E-state index in [4.69, 9.17) is 0 Å². The molecule has 0 heterocycles. The van der Waals surface area contributed by atoms with Crippen molar-refractivity contribution in [1.29, 1.82) is 0 Å². The molecule has 0 radical (unpaired) electrons. The number of aliphatic hydroxyl groups is 2. The maximum absolute atomic E-state index is 10.2. The molecular weight excluding hydrogens is 224 g/mol. The summed E-state index contributed by atoms with van der Waals surface area (Å²) in [5.74, 6) is 0. The van der Waals surface area contributed by atoms with Gasteiger partial charge in [-0.05, 0) is 23.1 Å². The van der Waals surface area contributed by atoms with Crippen LogP contribution in [0.1, 0.15) is 35.8 Å². The van der Waals surface area contributed by atoms with Gasteiger partial charge in [0, 0.05) is 0 Å². The minimum Gasteiger partial charge on any atom is -0.385 e. The van der Waals surface area contributed by atoms with Crippen LogP contribution in [0.4, 0.5) is 0 Å². The topological polar surface area (TPSA) is 40.5 Å². The van der Waals surface area contributed by atoms with Crippen molar-refractivity contribution >= 4 is 0 Å². The Labute approximate surface area is 108 Å². The molecule has 0 aliphatic heterocycles. The first-order valence-corrected chi connectivity index (χ1v) is 6.22. The van der Waals surface area contributed by atoms with Gasteiger partial charge in [-0.2, -0.15) is 0 Å². The molecule has 2 atom stereocenters. The zero-order valence-corrected chi connectivity index (χ0v) is 10.5. The Morgan fingerprint density at radius 2 is 1.28 bits per heavy atom. The Hall–Kier alpha value is -1.64. The molecule has 2 heteroatoms. The predicted molar refractivity (Wildman–Crippen MR) is 72.2 cm³/mol. The third kappa shape index (κ3) is 2.78. The summed E-state index contributed by atoms with van der Waals surface area (Å²) in [4.78, 5) is 0. The normalized spacial score (nSPS) is 14.2. The van der Waals surface area contributed by atoms with E-state index in [1.807, 2.05) is 54.6 Å². The maximum atomic E-state index is 10.2.